The van der Waals surface area contributed by atoms with E-state index in [1.807, 2.05) is 0 Å². The summed E-state index contributed by atoms with van der Waals surface area (Å²) < 4.78 is 5.65. The highest BCUT2D eigenvalue weighted by atomic mass is 16.5. The van der Waals surface area contributed by atoms with Crippen LogP contribution in [0.5, 0.6) is 0 Å². The molecule has 0 aromatic carbocycles. The normalized spacial score (nSPS) is 12.5. The van der Waals surface area contributed by atoms with E-state index in [2.05, 4.69) is 39.8 Å². The largest absolute Gasteiger partial charge is 0.376 e. The van der Waals surface area contributed by atoms with Crippen LogP contribution in [0.1, 0.15) is 66.2 Å². The lowest BCUT2D eigenvalue weighted by molar-refractivity contribution is -0.00447. The third-order valence-corrected chi connectivity index (χ3v) is 2.19. The Balaban J connectivity index is 3.15. The highest BCUT2D eigenvalue weighted by Gasteiger charge is 2.08. The lowest BCUT2D eigenvalue weighted by atomic mass is 10.2. The van der Waals surface area contributed by atoms with Crippen molar-refractivity contribution >= 4 is 0 Å². The summed E-state index contributed by atoms with van der Waals surface area (Å²) in [6.45, 7) is 9.46. The maximum Gasteiger partial charge on any atom is 0.0598 e. The number of unbranched alkanes of at least 4 members (excludes halogenated alkanes) is 4. The Morgan fingerprint density at radius 1 is 0.933 bits per heavy atom. The standard InChI is InChI=1S/C14H28O/c1-5-6-7-8-9-10-11-12-13-15-14(2,3)4/h8-9H,5-7,10-13H2,1-4H3. The van der Waals surface area contributed by atoms with E-state index in [0.29, 0.717) is 0 Å². The number of ether oxygens (including phenoxy) is 1. The smallest absolute Gasteiger partial charge is 0.0598 e. The lowest BCUT2D eigenvalue weighted by Gasteiger charge is -2.19. The minimum Gasteiger partial charge on any atom is -0.376 e. The predicted molar refractivity (Wildman–Crippen MR) is 68.2 cm³/mol. The Bertz CT molecular complexity index is 153. The number of rotatable bonds is 8. The first-order chi connectivity index (χ1) is 7.06. The van der Waals surface area contributed by atoms with Crippen LogP contribution in [0, 0.1) is 0 Å². The van der Waals surface area contributed by atoms with Gasteiger partial charge in [-0.15, -0.1) is 0 Å². The third-order valence-electron chi connectivity index (χ3n) is 2.19. The molecule has 0 aromatic rings. The summed E-state index contributed by atoms with van der Waals surface area (Å²) in [6.07, 6.45) is 12.1. The molecule has 0 aliphatic heterocycles. The molecule has 0 spiro atoms. The van der Waals surface area contributed by atoms with E-state index in [-0.39, 0.29) is 5.60 Å². The van der Waals surface area contributed by atoms with Gasteiger partial charge in [-0.05, 0) is 46.5 Å². The molecule has 0 aromatic heterocycles. The van der Waals surface area contributed by atoms with Gasteiger partial charge in [-0.2, -0.15) is 0 Å². The minimum absolute atomic E-state index is 0.0248. The highest BCUT2D eigenvalue weighted by Crippen LogP contribution is 2.08. The molecular weight excluding hydrogens is 184 g/mol. The fraction of sp³-hybridized carbons (Fsp3) is 0.857. The monoisotopic (exact) mass is 212 g/mol. The van der Waals surface area contributed by atoms with Crippen LogP contribution in [0.2, 0.25) is 0 Å². The molecular formula is C14H28O. The van der Waals surface area contributed by atoms with Crippen molar-refractivity contribution in [3.63, 3.8) is 0 Å². The van der Waals surface area contributed by atoms with Crippen LogP contribution in [0.25, 0.3) is 0 Å². The Hall–Kier alpha value is -0.300. The van der Waals surface area contributed by atoms with Gasteiger partial charge in [0.25, 0.3) is 0 Å². The van der Waals surface area contributed by atoms with Gasteiger partial charge in [-0.3, -0.25) is 0 Å². The average Bonchev–Trinajstić information content (AvgIpc) is 2.14. The summed E-state index contributed by atoms with van der Waals surface area (Å²) in [6, 6.07) is 0. The summed E-state index contributed by atoms with van der Waals surface area (Å²) in [7, 11) is 0. The first kappa shape index (κ1) is 14.7. The summed E-state index contributed by atoms with van der Waals surface area (Å²) in [4.78, 5) is 0. The van der Waals surface area contributed by atoms with Crippen LogP contribution in [0.3, 0.4) is 0 Å². The maximum absolute atomic E-state index is 5.65. The van der Waals surface area contributed by atoms with Gasteiger partial charge in [0.05, 0.1) is 5.60 Å². The van der Waals surface area contributed by atoms with Crippen LogP contribution < -0.4 is 0 Å². The van der Waals surface area contributed by atoms with Gasteiger partial charge in [0.15, 0.2) is 0 Å². The predicted octanol–water partition coefficient (Wildman–Crippen LogP) is 4.72. The van der Waals surface area contributed by atoms with Gasteiger partial charge in [0, 0.05) is 6.61 Å². The molecule has 0 bridgehead atoms. The van der Waals surface area contributed by atoms with Crippen molar-refractivity contribution < 1.29 is 4.74 Å². The fourth-order valence-electron chi connectivity index (χ4n) is 1.30. The molecule has 1 heteroatoms. The van der Waals surface area contributed by atoms with E-state index in [4.69, 9.17) is 4.74 Å². The zero-order chi connectivity index (χ0) is 11.6. The van der Waals surface area contributed by atoms with Gasteiger partial charge >= 0.3 is 0 Å². The molecule has 0 heterocycles. The Labute approximate surface area is 95.9 Å². The van der Waals surface area contributed by atoms with Gasteiger partial charge in [-0.1, -0.05) is 31.9 Å². The lowest BCUT2D eigenvalue weighted by Crippen LogP contribution is -2.19. The molecule has 0 atom stereocenters. The SMILES string of the molecule is CCCCC=CCCCCOC(C)(C)C. The van der Waals surface area contributed by atoms with E-state index < -0.39 is 0 Å². The summed E-state index contributed by atoms with van der Waals surface area (Å²) in [5.41, 5.74) is 0.0248. The first-order valence-electron chi connectivity index (χ1n) is 6.35. The molecule has 0 rings (SSSR count). The summed E-state index contributed by atoms with van der Waals surface area (Å²) in [5, 5.41) is 0. The molecule has 0 amide bonds. The molecule has 0 aliphatic rings. The topological polar surface area (TPSA) is 9.23 Å². The molecule has 0 saturated heterocycles. The second-order valence-electron chi connectivity index (χ2n) is 5.07. The molecule has 15 heavy (non-hydrogen) atoms. The molecule has 0 saturated carbocycles. The van der Waals surface area contributed by atoms with Crippen LogP contribution in [0.15, 0.2) is 12.2 Å². The third kappa shape index (κ3) is 13.7. The van der Waals surface area contributed by atoms with Crippen LogP contribution >= 0.6 is 0 Å². The van der Waals surface area contributed by atoms with Crippen molar-refractivity contribution in [3.8, 4) is 0 Å². The molecule has 90 valence electrons. The van der Waals surface area contributed by atoms with E-state index in [1.165, 1.54) is 38.5 Å². The number of allylic oxidation sites excluding steroid dienone is 2. The minimum atomic E-state index is 0.0248. The second kappa shape index (κ2) is 8.96. The van der Waals surface area contributed by atoms with E-state index in [9.17, 15) is 0 Å². The summed E-state index contributed by atoms with van der Waals surface area (Å²) >= 11 is 0. The van der Waals surface area contributed by atoms with Crippen molar-refractivity contribution in [1.82, 2.24) is 0 Å². The van der Waals surface area contributed by atoms with Crippen LogP contribution in [-0.2, 0) is 4.74 Å². The second-order valence-corrected chi connectivity index (χ2v) is 5.07. The van der Waals surface area contributed by atoms with Crippen molar-refractivity contribution in [2.45, 2.75) is 71.8 Å². The van der Waals surface area contributed by atoms with Crippen molar-refractivity contribution in [2.75, 3.05) is 6.61 Å². The maximum atomic E-state index is 5.65. The average molecular weight is 212 g/mol. The molecule has 0 aliphatic carbocycles. The van der Waals surface area contributed by atoms with E-state index in [0.717, 1.165) is 6.61 Å². The molecule has 0 unspecified atom stereocenters. The zero-order valence-electron chi connectivity index (χ0n) is 11.0. The highest BCUT2D eigenvalue weighted by molar-refractivity contribution is 4.81. The van der Waals surface area contributed by atoms with E-state index in [1.54, 1.807) is 0 Å². The van der Waals surface area contributed by atoms with Gasteiger partial charge < -0.3 is 4.74 Å². The van der Waals surface area contributed by atoms with Gasteiger partial charge in [0.1, 0.15) is 0 Å². The van der Waals surface area contributed by atoms with Crippen LogP contribution in [0.4, 0.5) is 0 Å². The van der Waals surface area contributed by atoms with Crippen molar-refractivity contribution in [3.05, 3.63) is 12.2 Å². The molecule has 0 N–H and O–H groups in total. The quantitative estimate of drug-likeness (QED) is 0.418. The Morgan fingerprint density at radius 2 is 1.53 bits per heavy atom. The molecule has 1 nitrogen and oxygen atoms in total. The Morgan fingerprint density at radius 3 is 2.07 bits per heavy atom. The molecule has 0 fully saturated rings. The van der Waals surface area contributed by atoms with Crippen molar-refractivity contribution in [2.24, 2.45) is 0 Å². The van der Waals surface area contributed by atoms with Gasteiger partial charge in [-0.25, -0.2) is 0 Å². The summed E-state index contributed by atoms with van der Waals surface area (Å²) in [5.74, 6) is 0. The first-order valence-corrected chi connectivity index (χ1v) is 6.35. The van der Waals surface area contributed by atoms with E-state index >= 15 is 0 Å². The number of hydrogen-bond donors (Lipinski definition) is 0. The van der Waals surface area contributed by atoms with Gasteiger partial charge in [0.2, 0.25) is 0 Å². The number of hydrogen-bond acceptors (Lipinski definition) is 1. The van der Waals surface area contributed by atoms with Crippen molar-refractivity contribution in [1.29, 1.82) is 0 Å². The zero-order valence-corrected chi connectivity index (χ0v) is 11.0. The Kier molecular flexibility index (Phi) is 8.79. The molecule has 0 radical (unpaired) electrons. The fourth-order valence-corrected chi connectivity index (χ4v) is 1.30. The van der Waals surface area contributed by atoms with Crippen LogP contribution in [-0.4, -0.2) is 12.2 Å².